The van der Waals surface area contributed by atoms with E-state index >= 15 is 0 Å². The van der Waals surface area contributed by atoms with Gasteiger partial charge < -0.3 is 10.6 Å². The van der Waals surface area contributed by atoms with Crippen molar-refractivity contribution in [3.63, 3.8) is 0 Å². The molecule has 2 N–H and O–H groups in total. The van der Waals surface area contributed by atoms with Crippen LogP contribution in [0.5, 0.6) is 0 Å². The van der Waals surface area contributed by atoms with E-state index < -0.39 is 0 Å². The Labute approximate surface area is 139 Å². The number of halogens is 1. The lowest BCUT2D eigenvalue weighted by molar-refractivity contribution is 0.251. The third-order valence-corrected chi connectivity index (χ3v) is 4.55. The first kappa shape index (κ1) is 16.5. The Balaban J connectivity index is 1.74. The standard InChI is InChI=1S/C16H21BrN4O/c1-11-6-4-7-14(10-11)19-16(22)18-8-5-9-21-13(3)15(17)12(2)20-21/h4,6-7,10H,5,8-9H2,1-3H3,(H2,18,19,22). The first-order chi connectivity index (χ1) is 10.5. The van der Waals surface area contributed by atoms with Gasteiger partial charge in [-0.05, 0) is 60.8 Å². The van der Waals surface area contributed by atoms with E-state index in [1.54, 1.807) is 0 Å². The number of hydrogen-bond donors (Lipinski definition) is 2. The number of anilines is 1. The van der Waals surface area contributed by atoms with Gasteiger partial charge >= 0.3 is 6.03 Å². The topological polar surface area (TPSA) is 59.0 Å². The summed E-state index contributed by atoms with van der Waals surface area (Å²) in [5.74, 6) is 0. The fourth-order valence-corrected chi connectivity index (χ4v) is 2.51. The maximum atomic E-state index is 11.8. The molecule has 0 atom stereocenters. The number of benzene rings is 1. The number of nitrogens with one attached hydrogen (secondary N) is 2. The van der Waals surface area contributed by atoms with Gasteiger partial charge in [-0.15, -0.1) is 0 Å². The number of carbonyl (C=O) groups excluding carboxylic acids is 1. The minimum Gasteiger partial charge on any atom is -0.338 e. The summed E-state index contributed by atoms with van der Waals surface area (Å²) in [6, 6.07) is 7.55. The van der Waals surface area contributed by atoms with E-state index in [0.29, 0.717) is 6.54 Å². The Kier molecular flexibility index (Phi) is 5.60. The molecule has 1 heterocycles. The summed E-state index contributed by atoms with van der Waals surface area (Å²) in [5, 5.41) is 10.1. The molecule has 0 saturated heterocycles. The molecule has 1 aromatic heterocycles. The fourth-order valence-electron chi connectivity index (χ4n) is 2.22. The maximum absolute atomic E-state index is 11.8. The highest BCUT2D eigenvalue weighted by Crippen LogP contribution is 2.19. The molecule has 0 bridgehead atoms. The molecule has 0 spiro atoms. The summed E-state index contributed by atoms with van der Waals surface area (Å²) in [4.78, 5) is 11.8. The second-order valence-electron chi connectivity index (χ2n) is 5.31. The Morgan fingerprint density at radius 2 is 2.09 bits per heavy atom. The highest BCUT2D eigenvalue weighted by molar-refractivity contribution is 9.10. The van der Waals surface area contributed by atoms with E-state index in [9.17, 15) is 4.79 Å². The summed E-state index contributed by atoms with van der Waals surface area (Å²) in [7, 11) is 0. The van der Waals surface area contributed by atoms with Gasteiger partial charge in [-0.25, -0.2) is 4.79 Å². The van der Waals surface area contributed by atoms with Crippen LogP contribution in [-0.4, -0.2) is 22.4 Å². The fraction of sp³-hybridized carbons (Fsp3) is 0.375. The Hall–Kier alpha value is -1.82. The largest absolute Gasteiger partial charge is 0.338 e. The number of hydrogen-bond acceptors (Lipinski definition) is 2. The zero-order chi connectivity index (χ0) is 16.1. The van der Waals surface area contributed by atoms with Gasteiger partial charge in [0.2, 0.25) is 0 Å². The van der Waals surface area contributed by atoms with Crippen LogP contribution in [0.2, 0.25) is 0 Å². The maximum Gasteiger partial charge on any atom is 0.319 e. The molecule has 0 radical (unpaired) electrons. The van der Waals surface area contributed by atoms with E-state index in [2.05, 4.69) is 31.7 Å². The van der Waals surface area contributed by atoms with Crippen LogP contribution < -0.4 is 10.6 Å². The molecule has 2 amide bonds. The summed E-state index contributed by atoms with van der Waals surface area (Å²) >= 11 is 3.51. The molecule has 0 unspecified atom stereocenters. The first-order valence-corrected chi connectivity index (χ1v) is 8.07. The lowest BCUT2D eigenvalue weighted by atomic mass is 10.2. The molecular formula is C16H21BrN4O. The monoisotopic (exact) mass is 364 g/mol. The Morgan fingerprint density at radius 3 is 2.73 bits per heavy atom. The summed E-state index contributed by atoms with van der Waals surface area (Å²) in [5.41, 5.74) is 4.03. The predicted octanol–water partition coefficient (Wildman–Crippen LogP) is 3.78. The van der Waals surface area contributed by atoms with Gasteiger partial charge in [-0.2, -0.15) is 5.10 Å². The second kappa shape index (κ2) is 7.45. The van der Waals surface area contributed by atoms with Gasteiger partial charge in [-0.1, -0.05) is 12.1 Å². The summed E-state index contributed by atoms with van der Waals surface area (Å²) < 4.78 is 3.01. The van der Waals surface area contributed by atoms with Crippen LogP contribution in [0.25, 0.3) is 0 Å². The van der Waals surface area contributed by atoms with Crippen molar-refractivity contribution in [1.82, 2.24) is 15.1 Å². The van der Waals surface area contributed by atoms with E-state index in [1.165, 1.54) is 0 Å². The van der Waals surface area contributed by atoms with E-state index in [-0.39, 0.29) is 6.03 Å². The number of carbonyl (C=O) groups is 1. The minimum atomic E-state index is -0.180. The number of urea groups is 1. The number of nitrogens with zero attached hydrogens (tertiary/aromatic N) is 2. The smallest absolute Gasteiger partial charge is 0.319 e. The van der Waals surface area contributed by atoms with E-state index in [0.717, 1.165) is 40.1 Å². The van der Waals surface area contributed by atoms with Gasteiger partial charge in [0, 0.05) is 24.5 Å². The molecule has 1 aromatic carbocycles. The zero-order valence-electron chi connectivity index (χ0n) is 13.1. The summed E-state index contributed by atoms with van der Waals surface area (Å²) in [6.07, 6.45) is 0.829. The highest BCUT2D eigenvalue weighted by atomic mass is 79.9. The average molecular weight is 365 g/mol. The van der Waals surface area contributed by atoms with Crippen molar-refractivity contribution in [3.8, 4) is 0 Å². The molecule has 118 valence electrons. The van der Waals surface area contributed by atoms with Gasteiger partial charge in [0.1, 0.15) is 0 Å². The first-order valence-electron chi connectivity index (χ1n) is 7.28. The summed E-state index contributed by atoms with van der Waals surface area (Å²) in [6.45, 7) is 7.38. The van der Waals surface area contributed by atoms with Crippen LogP contribution in [0.15, 0.2) is 28.7 Å². The molecule has 22 heavy (non-hydrogen) atoms. The molecule has 0 saturated carbocycles. The second-order valence-corrected chi connectivity index (χ2v) is 6.10. The lowest BCUT2D eigenvalue weighted by Crippen LogP contribution is -2.30. The molecule has 0 aliphatic carbocycles. The highest BCUT2D eigenvalue weighted by Gasteiger charge is 2.08. The molecule has 5 nitrogen and oxygen atoms in total. The molecule has 0 fully saturated rings. The van der Waals surface area contributed by atoms with Crippen LogP contribution >= 0.6 is 15.9 Å². The molecule has 2 aromatic rings. The number of rotatable bonds is 5. The van der Waals surface area contributed by atoms with Crippen LogP contribution in [-0.2, 0) is 6.54 Å². The quantitative estimate of drug-likeness (QED) is 0.793. The molecule has 0 aliphatic heterocycles. The number of aromatic nitrogens is 2. The Bertz CT molecular complexity index is 666. The number of amides is 2. The lowest BCUT2D eigenvalue weighted by Gasteiger charge is -2.09. The van der Waals surface area contributed by atoms with Crippen molar-refractivity contribution in [2.45, 2.75) is 33.7 Å². The van der Waals surface area contributed by atoms with Crippen LogP contribution in [0.1, 0.15) is 23.4 Å². The van der Waals surface area contributed by atoms with Gasteiger partial charge in [0.25, 0.3) is 0 Å². The predicted molar refractivity (Wildman–Crippen MR) is 92.2 cm³/mol. The molecule has 6 heteroatoms. The van der Waals surface area contributed by atoms with Gasteiger partial charge in [0.05, 0.1) is 10.2 Å². The van der Waals surface area contributed by atoms with Crippen molar-refractivity contribution < 1.29 is 4.79 Å². The van der Waals surface area contributed by atoms with Crippen molar-refractivity contribution in [2.24, 2.45) is 0 Å². The van der Waals surface area contributed by atoms with Crippen LogP contribution in [0.3, 0.4) is 0 Å². The molecular weight excluding hydrogens is 344 g/mol. The third-order valence-electron chi connectivity index (χ3n) is 3.40. The van der Waals surface area contributed by atoms with Crippen LogP contribution in [0.4, 0.5) is 10.5 Å². The minimum absolute atomic E-state index is 0.180. The zero-order valence-corrected chi connectivity index (χ0v) is 14.7. The third kappa shape index (κ3) is 4.34. The normalized spacial score (nSPS) is 10.5. The van der Waals surface area contributed by atoms with Crippen molar-refractivity contribution in [3.05, 3.63) is 45.7 Å². The van der Waals surface area contributed by atoms with Crippen LogP contribution in [0, 0.1) is 20.8 Å². The van der Waals surface area contributed by atoms with Gasteiger partial charge in [-0.3, -0.25) is 4.68 Å². The Morgan fingerprint density at radius 1 is 1.32 bits per heavy atom. The number of aryl methyl sites for hydroxylation is 3. The molecule has 0 aliphatic rings. The molecule has 2 rings (SSSR count). The average Bonchev–Trinajstić information content (AvgIpc) is 2.71. The SMILES string of the molecule is Cc1cccc(NC(=O)NCCCn2nc(C)c(Br)c2C)c1. The van der Waals surface area contributed by atoms with Crippen molar-refractivity contribution in [1.29, 1.82) is 0 Å². The van der Waals surface area contributed by atoms with Gasteiger partial charge in [0.15, 0.2) is 0 Å². The van der Waals surface area contributed by atoms with E-state index in [1.807, 2.05) is 49.7 Å². The van der Waals surface area contributed by atoms with Crippen molar-refractivity contribution in [2.75, 3.05) is 11.9 Å². The van der Waals surface area contributed by atoms with Crippen molar-refractivity contribution >= 4 is 27.6 Å². The van der Waals surface area contributed by atoms with E-state index in [4.69, 9.17) is 0 Å².